The zero-order valence-corrected chi connectivity index (χ0v) is 11.3. The van der Waals surface area contributed by atoms with Gasteiger partial charge in [-0.05, 0) is 29.7 Å². The van der Waals surface area contributed by atoms with Crippen molar-refractivity contribution in [1.82, 2.24) is 0 Å². The van der Waals surface area contributed by atoms with Crippen molar-refractivity contribution in [2.45, 2.75) is 26.2 Å². The summed E-state index contributed by atoms with van der Waals surface area (Å²) in [7, 11) is 0. The summed E-state index contributed by atoms with van der Waals surface area (Å²) < 4.78 is 26.1. The van der Waals surface area contributed by atoms with Gasteiger partial charge in [0.05, 0.1) is 0 Å². The van der Waals surface area contributed by atoms with Gasteiger partial charge in [0.1, 0.15) is 11.6 Å². The van der Waals surface area contributed by atoms with Crippen LogP contribution in [0.1, 0.15) is 34.8 Å². The molecule has 0 N–H and O–H groups in total. The number of carbonyl (C=O) groups is 1. The van der Waals surface area contributed by atoms with Gasteiger partial charge in [-0.1, -0.05) is 37.6 Å². The van der Waals surface area contributed by atoms with Crippen LogP contribution in [0.5, 0.6) is 0 Å². The number of carbonyl (C=O) groups excluding carboxylic acids is 1. The van der Waals surface area contributed by atoms with Crippen LogP contribution in [-0.2, 0) is 12.8 Å². The number of aryl methyl sites for hydroxylation is 1. The maximum atomic E-state index is 13.1. The minimum absolute atomic E-state index is 0.00179. The third-order valence-corrected chi connectivity index (χ3v) is 3.10. The summed E-state index contributed by atoms with van der Waals surface area (Å²) in [4.78, 5) is 12.1. The highest BCUT2D eigenvalue weighted by atomic mass is 19.1. The first-order valence-corrected chi connectivity index (χ1v) is 6.65. The Morgan fingerprint density at radius 1 is 0.950 bits per heavy atom. The molecule has 0 aliphatic carbocycles. The van der Waals surface area contributed by atoms with Crippen LogP contribution < -0.4 is 0 Å². The van der Waals surface area contributed by atoms with Crippen LogP contribution in [-0.4, -0.2) is 5.78 Å². The highest BCUT2D eigenvalue weighted by molar-refractivity contribution is 5.97. The fourth-order valence-corrected chi connectivity index (χ4v) is 2.15. The Kier molecular flexibility index (Phi) is 4.61. The first kappa shape index (κ1) is 14.4. The van der Waals surface area contributed by atoms with Gasteiger partial charge < -0.3 is 0 Å². The van der Waals surface area contributed by atoms with Crippen LogP contribution in [0.4, 0.5) is 8.78 Å². The van der Waals surface area contributed by atoms with Crippen molar-refractivity contribution in [2.24, 2.45) is 0 Å². The molecule has 0 amide bonds. The Hall–Kier alpha value is -2.03. The predicted octanol–water partition coefficient (Wildman–Crippen LogP) is 4.34. The van der Waals surface area contributed by atoms with Crippen molar-refractivity contribution in [3.05, 3.63) is 70.8 Å². The normalized spacial score (nSPS) is 10.6. The van der Waals surface area contributed by atoms with Crippen molar-refractivity contribution >= 4 is 5.78 Å². The smallest absolute Gasteiger partial charge is 0.167 e. The molecule has 0 unspecified atom stereocenters. The fraction of sp³-hybridized carbons (Fsp3) is 0.235. The molecule has 0 aliphatic heterocycles. The van der Waals surface area contributed by atoms with Crippen molar-refractivity contribution in [2.75, 3.05) is 0 Å². The number of ketones is 1. The van der Waals surface area contributed by atoms with Gasteiger partial charge in [-0.2, -0.15) is 0 Å². The van der Waals surface area contributed by atoms with Crippen molar-refractivity contribution in [3.63, 3.8) is 0 Å². The number of hydrogen-bond acceptors (Lipinski definition) is 1. The Morgan fingerprint density at radius 3 is 2.10 bits per heavy atom. The Bertz CT molecular complexity index is 583. The molecule has 0 saturated carbocycles. The largest absolute Gasteiger partial charge is 0.294 e. The second-order valence-electron chi connectivity index (χ2n) is 4.82. The van der Waals surface area contributed by atoms with Crippen molar-refractivity contribution in [3.8, 4) is 0 Å². The Morgan fingerprint density at radius 2 is 1.55 bits per heavy atom. The first-order chi connectivity index (χ1) is 9.58. The van der Waals surface area contributed by atoms with Gasteiger partial charge in [0.15, 0.2) is 5.78 Å². The SMILES string of the molecule is CCCc1ccc(C(=O)Cc2cc(F)cc(F)c2)cc1. The minimum Gasteiger partial charge on any atom is -0.294 e. The molecule has 0 fully saturated rings. The fourth-order valence-electron chi connectivity index (χ4n) is 2.15. The lowest BCUT2D eigenvalue weighted by molar-refractivity contribution is 0.0993. The summed E-state index contributed by atoms with van der Waals surface area (Å²) in [6, 6.07) is 10.5. The van der Waals surface area contributed by atoms with Gasteiger partial charge in [-0.3, -0.25) is 4.79 Å². The minimum atomic E-state index is -0.661. The van der Waals surface area contributed by atoms with Crippen molar-refractivity contribution in [1.29, 1.82) is 0 Å². The van der Waals surface area contributed by atoms with E-state index in [-0.39, 0.29) is 12.2 Å². The molecule has 20 heavy (non-hydrogen) atoms. The summed E-state index contributed by atoms with van der Waals surface area (Å²) in [5.41, 5.74) is 2.10. The molecule has 1 nitrogen and oxygen atoms in total. The summed E-state index contributed by atoms with van der Waals surface area (Å²) in [6.07, 6.45) is 2.03. The lowest BCUT2D eigenvalue weighted by Crippen LogP contribution is -2.04. The number of hydrogen-bond donors (Lipinski definition) is 0. The molecule has 3 heteroatoms. The monoisotopic (exact) mass is 274 g/mol. The third kappa shape index (κ3) is 3.73. The second kappa shape index (κ2) is 6.42. The van der Waals surface area contributed by atoms with Crippen LogP contribution in [0.25, 0.3) is 0 Å². The molecule has 2 aromatic rings. The first-order valence-electron chi connectivity index (χ1n) is 6.65. The molecule has 2 rings (SSSR count). The van der Waals surface area contributed by atoms with E-state index in [1.807, 2.05) is 12.1 Å². The number of rotatable bonds is 5. The molecule has 0 heterocycles. The summed E-state index contributed by atoms with van der Waals surface area (Å²) >= 11 is 0. The highest BCUT2D eigenvalue weighted by Crippen LogP contribution is 2.13. The van der Waals surface area contributed by atoms with E-state index in [4.69, 9.17) is 0 Å². The predicted molar refractivity (Wildman–Crippen MR) is 74.8 cm³/mol. The van der Waals surface area contributed by atoms with Crippen LogP contribution in [0.2, 0.25) is 0 Å². The zero-order valence-electron chi connectivity index (χ0n) is 11.3. The number of benzene rings is 2. The standard InChI is InChI=1S/C17H16F2O/c1-2-3-12-4-6-14(7-5-12)17(20)10-13-8-15(18)11-16(19)9-13/h4-9,11H,2-3,10H2,1H3. The van der Waals surface area contributed by atoms with Gasteiger partial charge in [-0.25, -0.2) is 8.78 Å². The Labute approximate surface area is 117 Å². The van der Waals surface area contributed by atoms with Crippen LogP contribution in [0, 0.1) is 11.6 Å². The molecule has 0 radical (unpaired) electrons. The van der Waals surface area contributed by atoms with Crippen LogP contribution >= 0.6 is 0 Å². The molecule has 104 valence electrons. The highest BCUT2D eigenvalue weighted by Gasteiger charge is 2.09. The number of Topliss-reactive ketones (excluding diaryl/α,β-unsaturated/α-hetero) is 1. The number of halogens is 2. The van der Waals surface area contributed by atoms with E-state index in [2.05, 4.69) is 6.92 Å². The van der Waals surface area contributed by atoms with E-state index >= 15 is 0 Å². The third-order valence-electron chi connectivity index (χ3n) is 3.10. The van der Waals surface area contributed by atoms with Gasteiger partial charge in [0, 0.05) is 18.1 Å². The van der Waals surface area contributed by atoms with Crippen LogP contribution in [0.15, 0.2) is 42.5 Å². The van der Waals surface area contributed by atoms with Gasteiger partial charge in [-0.15, -0.1) is 0 Å². The molecule has 2 aromatic carbocycles. The molecule has 0 aliphatic rings. The summed E-state index contributed by atoms with van der Waals surface area (Å²) in [6.45, 7) is 2.09. The zero-order chi connectivity index (χ0) is 14.5. The van der Waals surface area contributed by atoms with Gasteiger partial charge in [0.2, 0.25) is 0 Å². The molecule has 0 spiro atoms. The molecule has 0 aromatic heterocycles. The molecule has 0 saturated heterocycles. The van der Waals surface area contributed by atoms with E-state index in [1.54, 1.807) is 12.1 Å². The molecular weight excluding hydrogens is 258 g/mol. The second-order valence-corrected chi connectivity index (χ2v) is 4.82. The van der Waals surface area contributed by atoms with E-state index in [9.17, 15) is 13.6 Å². The maximum Gasteiger partial charge on any atom is 0.167 e. The summed E-state index contributed by atoms with van der Waals surface area (Å²) in [5.74, 6) is -1.46. The van der Waals surface area contributed by atoms with Crippen LogP contribution in [0.3, 0.4) is 0 Å². The maximum absolute atomic E-state index is 13.1. The molecule has 0 bridgehead atoms. The van der Waals surface area contributed by atoms with Crippen molar-refractivity contribution < 1.29 is 13.6 Å². The summed E-state index contributed by atoms with van der Waals surface area (Å²) in [5, 5.41) is 0. The van der Waals surface area contributed by atoms with E-state index in [0.29, 0.717) is 11.1 Å². The average Bonchev–Trinajstić information content (AvgIpc) is 2.38. The van der Waals surface area contributed by atoms with E-state index in [1.165, 1.54) is 17.7 Å². The topological polar surface area (TPSA) is 17.1 Å². The quantitative estimate of drug-likeness (QED) is 0.741. The Balaban J connectivity index is 2.11. The lowest BCUT2D eigenvalue weighted by atomic mass is 10.0. The molecule has 0 atom stereocenters. The lowest BCUT2D eigenvalue weighted by Gasteiger charge is -2.04. The van der Waals surface area contributed by atoms with E-state index < -0.39 is 11.6 Å². The van der Waals surface area contributed by atoms with Gasteiger partial charge in [0.25, 0.3) is 0 Å². The van der Waals surface area contributed by atoms with Gasteiger partial charge >= 0.3 is 0 Å². The molecular formula is C17H16F2O. The average molecular weight is 274 g/mol. The van der Waals surface area contributed by atoms with E-state index in [0.717, 1.165) is 18.9 Å².